The summed E-state index contributed by atoms with van der Waals surface area (Å²) in [6.07, 6.45) is -0.876. The Bertz CT molecular complexity index is 624. The summed E-state index contributed by atoms with van der Waals surface area (Å²) >= 11 is 0. The van der Waals surface area contributed by atoms with Crippen LogP contribution in [0.5, 0.6) is 0 Å². The molecule has 21 heavy (non-hydrogen) atoms. The summed E-state index contributed by atoms with van der Waals surface area (Å²) in [6.45, 7) is 1.05. The van der Waals surface area contributed by atoms with E-state index in [2.05, 4.69) is 5.32 Å². The number of nitrogens with one attached hydrogen (secondary N) is 1. The Balaban J connectivity index is 1.72. The maximum atomic E-state index is 12.9. The highest BCUT2D eigenvalue weighted by Gasteiger charge is 2.31. The number of likely N-dealkylation sites (tertiary alicyclic amines) is 1. The first-order valence-electron chi connectivity index (χ1n) is 7.04. The molecule has 0 spiro atoms. The van der Waals surface area contributed by atoms with Gasteiger partial charge in [-0.25, -0.2) is 4.39 Å². The summed E-state index contributed by atoms with van der Waals surface area (Å²) in [5, 5.41) is 3.28. The zero-order valence-electron chi connectivity index (χ0n) is 11.6. The summed E-state index contributed by atoms with van der Waals surface area (Å²) in [5.74, 6) is -0.111. The number of para-hydroxylation sites is 1. The minimum absolute atomic E-state index is 0.111. The quantitative estimate of drug-likeness (QED) is 0.935. The lowest BCUT2D eigenvalue weighted by Gasteiger charge is -2.34. The van der Waals surface area contributed by atoms with Gasteiger partial charge in [-0.3, -0.25) is 4.79 Å². The van der Waals surface area contributed by atoms with E-state index in [1.807, 2.05) is 48.5 Å². The average molecular weight is 284 g/mol. The van der Waals surface area contributed by atoms with Gasteiger partial charge in [0.1, 0.15) is 6.17 Å². The fourth-order valence-corrected chi connectivity index (χ4v) is 2.38. The number of rotatable bonds is 4. The largest absolute Gasteiger partial charge is 0.380 e. The van der Waals surface area contributed by atoms with Crippen molar-refractivity contribution in [3.05, 3.63) is 65.7 Å². The molecule has 1 fully saturated rings. The van der Waals surface area contributed by atoms with Crippen LogP contribution < -0.4 is 5.32 Å². The molecule has 0 unspecified atom stereocenters. The summed E-state index contributed by atoms with van der Waals surface area (Å²) in [7, 11) is 0. The van der Waals surface area contributed by atoms with E-state index >= 15 is 0 Å². The highest BCUT2D eigenvalue weighted by atomic mass is 19.1. The molecule has 3 rings (SSSR count). The van der Waals surface area contributed by atoms with Crippen LogP contribution in [0, 0.1) is 0 Å². The van der Waals surface area contributed by atoms with Gasteiger partial charge in [-0.15, -0.1) is 0 Å². The molecule has 1 aliphatic rings. The van der Waals surface area contributed by atoms with Crippen molar-refractivity contribution in [2.24, 2.45) is 0 Å². The van der Waals surface area contributed by atoms with Crippen molar-refractivity contribution in [2.45, 2.75) is 12.7 Å². The number of alkyl halides is 1. The van der Waals surface area contributed by atoms with E-state index in [0.717, 1.165) is 11.3 Å². The highest BCUT2D eigenvalue weighted by molar-refractivity contribution is 6.00. The first-order valence-corrected chi connectivity index (χ1v) is 7.04. The minimum atomic E-state index is -0.876. The predicted molar refractivity (Wildman–Crippen MR) is 81.0 cm³/mol. The molecule has 0 saturated carbocycles. The molecule has 4 heteroatoms. The lowest BCUT2D eigenvalue weighted by Crippen LogP contribution is -2.51. The maximum absolute atomic E-state index is 12.9. The molecule has 1 saturated heterocycles. The smallest absolute Gasteiger partial charge is 0.256 e. The van der Waals surface area contributed by atoms with Crippen molar-refractivity contribution in [3.8, 4) is 0 Å². The van der Waals surface area contributed by atoms with E-state index in [9.17, 15) is 9.18 Å². The fourth-order valence-electron chi connectivity index (χ4n) is 2.38. The molecule has 0 aromatic heterocycles. The van der Waals surface area contributed by atoms with Gasteiger partial charge in [0, 0.05) is 12.2 Å². The van der Waals surface area contributed by atoms with Gasteiger partial charge in [0.05, 0.1) is 18.7 Å². The molecule has 0 atom stereocenters. The first kappa shape index (κ1) is 13.6. The number of hydrogen-bond donors (Lipinski definition) is 1. The number of carbonyl (C=O) groups is 1. The van der Waals surface area contributed by atoms with Gasteiger partial charge < -0.3 is 10.2 Å². The van der Waals surface area contributed by atoms with Crippen molar-refractivity contribution in [1.29, 1.82) is 0 Å². The zero-order chi connectivity index (χ0) is 14.7. The standard InChI is InChI=1S/C17H17FN2O/c18-14-11-20(12-14)17(21)15-8-4-5-9-16(15)19-10-13-6-2-1-3-7-13/h1-9,14,19H,10-12H2. The van der Waals surface area contributed by atoms with Crippen molar-refractivity contribution < 1.29 is 9.18 Å². The van der Waals surface area contributed by atoms with E-state index in [1.54, 1.807) is 6.07 Å². The number of nitrogens with zero attached hydrogens (tertiary/aromatic N) is 1. The second-order valence-electron chi connectivity index (χ2n) is 5.19. The number of anilines is 1. The molecular weight excluding hydrogens is 267 g/mol. The van der Waals surface area contributed by atoms with Crippen molar-refractivity contribution in [2.75, 3.05) is 18.4 Å². The van der Waals surface area contributed by atoms with Crippen molar-refractivity contribution in [1.82, 2.24) is 4.90 Å². The molecule has 1 heterocycles. The topological polar surface area (TPSA) is 32.3 Å². The van der Waals surface area contributed by atoms with Crippen LogP contribution in [-0.4, -0.2) is 30.1 Å². The van der Waals surface area contributed by atoms with E-state index in [0.29, 0.717) is 12.1 Å². The fraction of sp³-hybridized carbons (Fsp3) is 0.235. The number of carbonyl (C=O) groups excluding carboxylic acids is 1. The third-order valence-electron chi connectivity index (χ3n) is 3.61. The second kappa shape index (κ2) is 5.95. The molecule has 1 aliphatic heterocycles. The molecule has 0 bridgehead atoms. The summed E-state index contributed by atoms with van der Waals surface area (Å²) in [6, 6.07) is 17.4. The lowest BCUT2D eigenvalue weighted by molar-refractivity contribution is 0.0401. The molecule has 3 nitrogen and oxygen atoms in total. The second-order valence-corrected chi connectivity index (χ2v) is 5.19. The van der Waals surface area contributed by atoms with Crippen LogP contribution in [0.3, 0.4) is 0 Å². The number of amides is 1. The molecule has 108 valence electrons. The molecule has 0 radical (unpaired) electrons. The van der Waals surface area contributed by atoms with Gasteiger partial charge in [0.2, 0.25) is 0 Å². The zero-order valence-corrected chi connectivity index (χ0v) is 11.6. The molecule has 2 aromatic rings. The van der Waals surface area contributed by atoms with Crippen LogP contribution in [-0.2, 0) is 6.54 Å². The Kier molecular flexibility index (Phi) is 3.86. The Labute approximate surface area is 123 Å². The Morgan fingerprint density at radius 3 is 2.48 bits per heavy atom. The van der Waals surface area contributed by atoms with Crippen LogP contribution in [0.15, 0.2) is 54.6 Å². The van der Waals surface area contributed by atoms with Gasteiger partial charge >= 0.3 is 0 Å². The average Bonchev–Trinajstić information content (AvgIpc) is 2.50. The van der Waals surface area contributed by atoms with Crippen molar-refractivity contribution in [3.63, 3.8) is 0 Å². The predicted octanol–water partition coefficient (Wildman–Crippen LogP) is 3.09. The molecule has 2 aromatic carbocycles. The van der Waals surface area contributed by atoms with Crippen LogP contribution in [0.4, 0.5) is 10.1 Å². The Hall–Kier alpha value is -2.36. The van der Waals surface area contributed by atoms with Gasteiger partial charge in [-0.1, -0.05) is 42.5 Å². The third-order valence-corrected chi connectivity index (χ3v) is 3.61. The normalized spacial score (nSPS) is 14.6. The van der Waals surface area contributed by atoms with Gasteiger partial charge in [-0.05, 0) is 17.7 Å². The van der Waals surface area contributed by atoms with E-state index in [4.69, 9.17) is 0 Å². The Morgan fingerprint density at radius 1 is 1.10 bits per heavy atom. The molecule has 1 N–H and O–H groups in total. The Morgan fingerprint density at radius 2 is 1.76 bits per heavy atom. The molecule has 1 amide bonds. The summed E-state index contributed by atoms with van der Waals surface area (Å²) in [4.78, 5) is 13.9. The summed E-state index contributed by atoms with van der Waals surface area (Å²) in [5.41, 5.74) is 2.53. The van der Waals surface area contributed by atoms with E-state index in [1.165, 1.54) is 4.90 Å². The third kappa shape index (κ3) is 3.05. The number of halogens is 1. The van der Waals surface area contributed by atoms with Crippen molar-refractivity contribution >= 4 is 11.6 Å². The van der Waals surface area contributed by atoms with Gasteiger partial charge in [-0.2, -0.15) is 0 Å². The maximum Gasteiger partial charge on any atom is 0.256 e. The SMILES string of the molecule is O=C(c1ccccc1NCc1ccccc1)N1CC(F)C1. The van der Waals surface area contributed by atoms with Gasteiger partial charge in [0.15, 0.2) is 0 Å². The minimum Gasteiger partial charge on any atom is -0.380 e. The van der Waals surface area contributed by atoms with Crippen LogP contribution in [0.1, 0.15) is 15.9 Å². The number of hydrogen-bond acceptors (Lipinski definition) is 2. The van der Waals surface area contributed by atoms with Gasteiger partial charge in [0.25, 0.3) is 5.91 Å². The summed E-state index contributed by atoms with van der Waals surface area (Å²) < 4.78 is 12.9. The number of benzene rings is 2. The molecule has 0 aliphatic carbocycles. The first-order chi connectivity index (χ1) is 10.2. The molecular formula is C17H17FN2O. The lowest BCUT2D eigenvalue weighted by atomic mass is 10.1. The van der Waals surface area contributed by atoms with E-state index < -0.39 is 6.17 Å². The monoisotopic (exact) mass is 284 g/mol. The highest BCUT2D eigenvalue weighted by Crippen LogP contribution is 2.22. The van der Waals surface area contributed by atoms with Crippen LogP contribution in [0.2, 0.25) is 0 Å². The van der Waals surface area contributed by atoms with Crippen LogP contribution >= 0.6 is 0 Å². The van der Waals surface area contributed by atoms with E-state index in [-0.39, 0.29) is 19.0 Å². The van der Waals surface area contributed by atoms with Crippen LogP contribution in [0.25, 0.3) is 0 Å².